The summed E-state index contributed by atoms with van der Waals surface area (Å²) in [5, 5.41) is 0. The highest BCUT2D eigenvalue weighted by atomic mass is 32.2. The fourth-order valence-corrected chi connectivity index (χ4v) is 2.44. The first kappa shape index (κ1) is 11.0. The van der Waals surface area contributed by atoms with Gasteiger partial charge in [-0.05, 0) is 12.3 Å². The van der Waals surface area contributed by atoms with Crippen molar-refractivity contribution in [2.75, 3.05) is 12.4 Å². The topological polar surface area (TPSA) is 26.3 Å². The zero-order chi connectivity index (χ0) is 9.84. The van der Waals surface area contributed by atoms with Crippen molar-refractivity contribution in [3.63, 3.8) is 0 Å². The van der Waals surface area contributed by atoms with E-state index in [-0.39, 0.29) is 5.97 Å². The summed E-state index contributed by atoms with van der Waals surface area (Å²) in [6, 6.07) is 0. The highest BCUT2D eigenvalue weighted by Crippen LogP contribution is 2.34. The van der Waals surface area contributed by atoms with Gasteiger partial charge in [-0.3, -0.25) is 0 Å². The Kier molecular flexibility index (Phi) is 4.19. The minimum absolute atomic E-state index is 0.207. The van der Waals surface area contributed by atoms with Crippen molar-refractivity contribution in [3.05, 3.63) is 9.81 Å². The molecule has 0 aromatic heterocycles. The number of carbonyl (C=O) groups excluding carboxylic acids is 1. The number of rotatable bonds is 3. The number of thiol groups is 1. The molecule has 13 heavy (non-hydrogen) atoms. The van der Waals surface area contributed by atoms with Crippen molar-refractivity contribution in [1.29, 1.82) is 0 Å². The van der Waals surface area contributed by atoms with Crippen molar-refractivity contribution >= 4 is 30.4 Å². The van der Waals surface area contributed by atoms with Crippen molar-refractivity contribution in [2.24, 2.45) is 5.92 Å². The number of thioether (sulfide) groups is 1. The molecule has 0 amide bonds. The van der Waals surface area contributed by atoms with Gasteiger partial charge < -0.3 is 4.74 Å². The van der Waals surface area contributed by atoms with Gasteiger partial charge >= 0.3 is 5.97 Å². The van der Waals surface area contributed by atoms with Crippen molar-refractivity contribution < 1.29 is 9.53 Å². The molecule has 4 heteroatoms. The number of hydrogen-bond donors (Lipinski definition) is 1. The molecule has 0 aliphatic carbocycles. The largest absolute Gasteiger partial charge is 0.461 e. The first-order chi connectivity index (χ1) is 6.11. The molecule has 2 nitrogen and oxygen atoms in total. The Bertz CT molecular complexity index is 234. The van der Waals surface area contributed by atoms with E-state index in [1.807, 2.05) is 13.8 Å². The first-order valence-electron chi connectivity index (χ1n) is 4.33. The maximum Gasteiger partial charge on any atom is 0.345 e. The third kappa shape index (κ3) is 3.27. The summed E-state index contributed by atoms with van der Waals surface area (Å²) in [7, 11) is 0. The maximum atomic E-state index is 11.4. The smallest absolute Gasteiger partial charge is 0.345 e. The molecule has 0 aromatic carbocycles. The lowest BCUT2D eigenvalue weighted by molar-refractivity contribution is -0.139. The standard InChI is InChI=1S/C9H14O2S2/c1-6(2)5-11-9(10)8-7(12)3-4-13-8/h6,12H,3-5H2,1-2H3. The SMILES string of the molecule is CC(C)COC(=O)C1=C(S)CCS1. The van der Waals surface area contributed by atoms with Gasteiger partial charge in [0.2, 0.25) is 0 Å². The van der Waals surface area contributed by atoms with E-state index in [1.54, 1.807) is 0 Å². The monoisotopic (exact) mass is 218 g/mol. The second-order valence-corrected chi connectivity index (χ2v) is 5.01. The molecule has 0 fully saturated rings. The molecule has 0 aromatic rings. The van der Waals surface area contributed by atoms with Gasteiger partial charge in [0, 0.05) is 10.7 Å². The van der Waals surface area contributed by atoms with Gasteiger partial charge in [0.05, 0.1) is 6.61 Å². The van der Waals surface area contributed by atoms with Crippen LogP contribution < -0.4 is 0 Å². The third-order valence-corrected chi connectivity index (χ3v) is 3.29. The van der Waals surface area contributed by atoms with E-state index in [0.29, 0.717) is 17.4 Å². The molecule has 1 aliphatic heterocycles. The van der Waals surface area contributed by atoms with Crippen LogP contribution in [0.3, 0.4) is 0 Å². The Morgan fingerprint density at radius 1 is 1.69 bits per heavy atom. The van der Waals surface area contributed by atoms with Crippen LogP contribution in [0, 0.1) is 5.92 Å². The van der Waals surface area contributed by atoms with Gasteiger partial charge in [-0.2, -0.15) is 0 Å². The first-order valence-corrected chi connectivity index (χ1v) is 5.76. The van der Waals surface area contributed by atoms with Crippen LogP contribution in [0.25, 0.3) is 0 Å². The van der Waals surface area contributed by atoms with Crippen molar-refractivity contribution in [3.8, 4) is 0 Å². The number of ether oxygens (including phenoxy) is 1. The summed E-state index contributed by atoms with van der Waals surface area (Å²) in [5.74, 6) is 1.13. The van der Waals surface area contributed by atoms with E-state index >= 15 is 0 Å². The number of carbonyl (C=O) groups is 1. The summed E-state index contributed by atoms with van der Waals surface area (Å²) >= 11 is 5.77. The van der Waals surface area contributed by atoms with Crippen LogP contribution in [0.1, 0.15) is 20.3 Å². The third-order valence-electron chi connectivity index (χ3n) is 1.58. The molecule has 1 heterocycles. The summed E-state index contributed by atoms with van der Waals surface area (Å²) in [4.78, 5) is 13.0. The summed E-state index contributed by atoms with van der Waals surface area (Å²) in [5.41, 5.74) is 0. The van der Waals surface area contributed by atoms with Crippen molar-refractivity contribution in [1.82, 2.24) is 0 Å². The molecule has 1 rings (SSSR count). The van der Waals surface area contributed by atoms with Crippen LogP contribution >= 0.6 is 24.4 Å². The van der Waals surface area contributed by atoms with Gasteiger partial charge in [0.15, 0.2) is 0 Å². The molecule has 0 spiro atoms. The fourth-order valence-electron chi connectivity index (χ4n) is 0.931. The van der Waals surface area contributed by atoms with Crippen LogP contribution in [0.15, 0.2) is 9.81 Å². The molecular formula is C9H14O2S2. The molecule has 0 atom stereocenters. The summed E-state index contributed by atoms with van der Waals surface area (Å²) in [6.45, 7) is 4.53. The zero-order valence-corrected chi connectivity index (χ0v) is 9.58. The lowest BCUT2D eigenvalue weighted by atomic mass is 10.2. The molecular weight excluding hydrogens is 204 g/mol. The Labute approximate surface area is 88.5 Å². The lowest BCUT2D eigenvalue weighted by Gasteiger charge is -2.07. The second kappa shape index (κ2) is 4.96. The summed E-state index contributed by atoms with van der Waals surface area (Å²) < 4.78 is 5.09. The minimum Gasteiger partial charge on any atom is -0.461 e. The number of allylic oxidation sites excluding steroid dienone is 1. The van der Waals surface area contributed by atoms with E-state index in [2.05, 4.69) is 12.6 Å². The van der Waals surface area contributed by atoms with Crippen molar-refractivity contribution in [2.45, 2.75) is 20.3 Å². The van der Waals surface area contributed by atoms with Gasteiger partial charge in [0.25, 0.3) is 0 Å². The quantitative estimate of drug-likeness (QED) is 0.582. The average Bonchev–Trinajstić information content (AvgIpc) is 2.47. The predicted octanol–water partition coefficient (Wildman–Crippen LogP) is 2.46. The Hall–Kier alpha value is -0.0900. The predicted molar refractivity (Wildman–Crippen MR) is 58.9 cm³/mol. The highest BCUT2D eigenvalue weighted by molar-refractivity contribution is 8.05. The Balaban J connectivity index is 2.44. The molecule has 0 unspecified atom stereocenters. The van der Waals surface area contributed by atoms with E-state index in [9.17, 15) is 4.79 Å². The Morgan fingerprint density at radius 2 is 2.38 bits per heavy atom. The normalized spacial score (nSPS) is 16.9. The fraction of sp³-hybridized carbons (Fsp3) is 0.667. The van der Waals surface area contributed by atoms with E-state index in [1.165, 1.54) is 11.8 Å². The average molecular weight is 218 g/mol. The molecule has 0 bridgehead atoms. The molecule has 0 N–H and O–H groups in total. The van der Waals surface area contributed by atoms with Crippen LogP contribution in [0.2, 0.25) is 0 Å². The lowest BCUT2D eigenvalue weighted by Crippen LogP contribution is -2.10. The molecule has 0 saturated carbocycles. The van der Waals surface area contributed by atoms with Crippen LogP contribution in [0.5, 0.6) is 0 Å². The molecule has 0 radical (unpaired) electrons. The van der Waals surface area contributed by atoms with Crippen LogP contribution in [-0.2, 0) is 9.53 Å². The number of hydrogen-bond acceptors (Lipinski definition) is 4. The highest BCUT2D eigenvalue weighted by Gasteiger charge is 2.20. The van der Waals surface area contributed by atoms with E-state index in [4.69, 9.17) is 4.74 Å². The summed E-state index contributed by atoms with van der Waals surface area (Å²) in [6.07, 6.45) is 0.889. The maximum absolute atomic E-state index is 11.4. The van der Waals surface area contributed by atoms with E-state index in [0.717, 1.165) is 17.1 Å². The molecule has 1 aliphatic rings. The van der Waals surface area contributed by atoms with Gasteiger partial charge in [-0.15, -0.1) is 24.4 Å². The van der Waals surface area contributed by atoms with Gasteiger partial charge in [-0.1, -0.05) is 13.8 Å². The number of esters is 1. The zero-order valence-electron chi connectivity index (χ0n) is 7.87. The van der Waals surface area contributed by atoms with Gasteiger partial charge in [-0.25, -0.2) is 4.79 Å². The van der Waals surface area contributed by atoms with Crippen LogP contribution in [-0.4, -0.2) is 18.3 Å². The molecule has 0 saturated heterocycles. The minimum atomic E-state index is -0.207. The Morgan fingerprint density at radius 3 is 2.85 bits per heavy atom. The second-order valence-electron chi connectivity index (χ2n) is 3.37. The van der Waals surface area contributed by atoms with E-state index < -0.39 is 0 Å². The van der Waals surface area contributed by atoms with Crippen LogP contribution in [0.4, 0.5) is 0 Å². The van der Waals surface area contributed by atoms with Gasteiger partial charge in [0.1, 0.15) is 4.91 Å². The molecule has 74 valence electrons.